The van der Waals surface area contributed by atoms with Gasteiger partial charge in [-0.25, -0.2) is 4.98 Å². The van der Waals surface area contributed by atoms with Gasteiger partial charge in [0.2, 0.25) is 11.7 Å². The van der Waals surface area contributed by atoms with Crippen molar-refractivity contribution in [3.8, 4) is 17.5 Å². The predicted molar refractivity (Wildman–Crippen MR) is 104 cm³/mol. The smallest absolute Gasteiger partial charge is 0.241 e. The lowest BCUT2D eigenvalue weighted by Gasteiger charge is -2.34. The molecule has 3 heterocycles. The van der Waals surface area contributed by atoms with Crippen LogP contribution in [-0.4, -0.2) is 46.2 Å². The number of hydrogen-bond acceptors (Lipinski definition) is 7. The minimum Gasteiger partial charge on any atom is -0.354 e. The van der Waals surface area contributed by atoms with E-state index < -0.39 is 0 Å². The van der Waals surface area contributed by atoms with Crippen molar-refractivity contribution in [2.75, 3.05) is 31.1 Å². The Labute approximate surface area is 165 Å². The largest absolute Gasteiger partial charge is 0.354 e. The summed E-state index contributed by atoms with van der Waals surface area (Å²) >= 11 is 3.46. The molecule has 1 aliphatic heterocycles. The third-order valence-electron chi connectivity index (χ3n) is 4.48. The van der Waals surface area contributed by atoms with Crippen molar-refractivity contribution in [1.82, 2.24) is 20.0 Å². The summed E-state index contributed by atoms with van der Waals surface area (Å²) in [7, 11) is 0. The van der Waals surface area contributed by atoms with Crippen LogP contribution < -0.4 is 4.90 Å². The van der Waals surface area contributed by atoms with E-state index in [2.05, 4.69) is 46.9 Å². The molecule has 0 saturated carbocycles. The standard InChI is InChI=1S/C19H17BrN6O/c20-16-3-1-2-15(11-16)19-23-18(27-24-19)13-25-6-8-26(9-7-25)17-10-14(12-21)4-5-22-17/h1-5,10-11H,6-9,13H2. The van der Waals surface area contributed by atoms with Gasteiger partial charge in [-0.15, -0.1) is 0 Å². The molecule has 2 aromatic heterocycles. The summed E-state index contributed by atoms with van der Waals surface area (Å²) in [5.41, 5.74) is 1.56. The normalized spacial score (nSPS) is 14.9. The molecule has 1 fully saturated rings. The lowest BCUT2D eigenvalue weighted by molar-refractivity contribution is 0.215. The molecule has 0 unspecified atom stereocenters. The number of benzene rings is 1. The first-order valence-electron chi connectivity index (χ1n) is 8.63. The van der Waals surface area contributed by atoms with Gasteiger partial charge in [0, 0.05) is 42.4 Å². The van der Waals surface area contributed by atoms with Gasteiger partial charge in [0.15, 0.2) is 0 Å². The van der Waals surface area contributed by atoms with Crippen molar-refractivity contribution in [1.29, 1.82) is 5.26 Å². The van der Waals surface area contributed by atoms with E-state index in [1.807, 2.05) is 30.3 Å². The maximum Gasteiger partial charge on any atom is 0.241 e. The highest BCUT2D eigenvalue weighted by molar-refractivity contribution is 9.10. The molecular weight excluding hydrogens is 408 g/mol. The molecule has 27 heavy (non-hydrogen) atoms. The Morgan fingerprint density at radius 1 is 1.15 bits per heavy atom. The van der Waals surface area contributed by atoms with Gasteiger partial charge in [-0.2, -0.15) is 10.2 Å². The molecule has 1 aliphatic rings. The molecule has 136 valence electrons. The molecule has 0 bridgehead atoms. The molecular formula is C19H17BrN6O. The first-order valence-corrected chi connectivity index (χ1v) is 9.42. The van der Waals surface area contributed by atoms with Gasteiger partial charge in [0.25, 0.3) is 0 Å². The minimum atomic E-state index is 0.599. The van der Waals surface area contributed by atoms with Gasteiger partial charge >= 0.3 is 0 Å². The van der Waals surface area contributed by atoms with Gasteiger partial charge in [0.1, 0.15) is 5.82 Å². The third-order valence-corrected chi connectivity index (χ3v) is 4.97. The highest BCUT2D eigenvalue weighted by Crippen LogP contribution is 2.21. The van der Waals surface area contributed by atoms with Crippen LogP contribution in [0.15, 0.2) is 51.6 Å². The highest BCUT2D eigenvalue weighted by Gasteiger charge is 2.20. The van der Waals surface area contributed by atoms with Gasteiger partial charge < -0.3 is 9.42 Å². The van der Waals surface area contributed by atoms with Gasteiger partial charge in [-0.05, 0) is 24.3 Å². The number of aromatic nitrogens is 3. The van der Waals surface area contributed by atoms with Crippen LogP contribution in [0.4, 0.5) is 5.82 Å². The van der Waals surface area contributed by atoms with E-state index in [0.29, 0.717) is 23.8 Å². The summed E-state index contributed by atoms with van der Waals surface area (Å²) in [5.74, 6) is 2.06. The van der Waals surface area contributed by atoms with Crippen LogP contribution in [0, 0.1) is 11.3 Å². The maximum absolute atomic E-state index is 9.04. The molecule has 1 aromatic carbocycles. The molecule has 8 heteroatoms. The zero-order chi connectivity index (χ0) is 18.6. The van der Waals surface area contributed by atoms with E-state index in [4.69, 9.17) is 9.78 Å². The predicted octanol–water partition coefficient (Wildman–Crippen LogP) is 3.09. The van der Waals surface area contributed by atoms with Crippen LogP contribution in [0.3, 0.4) is 0 Å². The summed E-state index contributed by atoms with van der Waals surface area (Å²) in [6, 6.07) is 13.5. The molecule has 0 radical (unpaired) electrons. The average Bonchev–Trinajstić information content (AvgIpc) is 3.17. The number of nitriles is 1. The maximum atomic E-state index is 9.04. The Hall–Kier alpha value is -2.76. The summed E-state index contributed by atoms with van der Waals surface area (Å²) < 4.78 is 6.41. The van der Waals surface area contributed by atoms with Crippen molar-refractivity contribution < 1.29 is 4.52 Å². The average molecular weight is 425 g/mol. The number of pyridine rings is 1. The zero-order valence-corrected chi connectivity index (χ0v) is 16.1. The number of anilines is 1. The quantitative estimate of drug-likeness (QED) is 0.636. The third kappa shape index (κ3) is 4.15. The molecule has 3 aromatic rings. The van der Waals surface area contributed by atoms with Crippen LogP contribution >= 0.6 is 15.9 Å². The summed E-state index contributed by atoms with van der Waals surface area (Å²) in [4.78, 5) is 13.4. The molecule has 0 amide bonds. The SMILES string of the molecule is N#Cc1ccnc(N2CCN(Cc3nc(-c4cccc(Br)c4)no3)CC2)c1. The fourth-order valence-electron chi connectivity index (χ4n) is 3.05. The summed E-state index contributed by atoms with van der Waals surface area (Å²) in [6.45, 7) is 4.05. The van der Waals surface area contributed by atoms with Crippen LogP contribution in [0.2, 0.25) is 0 Å². The topological polar surface area (TPSA) is 82.1 Å². The summed E-state index contributed by atoms with van der Waals surface area (Å²) in [5, 5.41) is 13.1. The Balaban J connectivity index is 1.36. The Morgan fingerprint density at radius 2 is 2.00 bits per heavy atom. The second-order valence-electron chi connectivity index (χ2n) is 6.30. The van der Waals surface area contributed by atoms with Crippen LogP contribution in [0.1, 0.15) is 11.5 Å². The second kappa shape index (κ2) is 7.86. The van der Waals surface area contributed by atoms with Crippen LogP contribution in [0.5, 0.6) is 0 Å². The van der Waals surface area contributed by atoms with Gasteiger partial charge in [-0.1, -0.05) is 33.2 Å². The molecule has 1 saturated heterocycles. The molecule has 0 N–H and O–H groups in total. The van der Waals surface area contributed by atoms with Crippen molar-refractivity contribution in [3.05, 3.63) is 58.5 Å². The molecule has 0 aliphatic carbocycles. The number of rotatable bonds is 4. The molecule has 0 spiro atoms. The van der Waals surface area contributed by atoms with Crippen LogP contribution in [-0.2, 0) is 6.54 Å². The monoisotopic (exact) mass is 424 g/mol. The number of piperazine rings is 1. The fraction of sp³-hybridized carbons (Fsp3) is 0.263. The van der Waals surface area contributed by atoms with E-state index >= 15 is 0 Å². The lowest BCUT2D eigenvalue weighted by Crippen LogP contribution is -2.46. The van der Waals surface area contributed by atoms with E-state index in [1.54, 1.807) is 12.3 Å². The zero-order valence-electron chi connectivity index (χ0n) is 14.5. The first-order chi connectivity index (χ1) is 13.2. The number of halogens is 1. The van der Waals surface area contributed by atoms with E-state index in [0.717, 1.165) is 42.0 Å². The van der Waals surface area contributed by atoms with Crippen molar-refractivity contribution >= 4 is 21.7 Å². The summed E-state index contributed by atoms with van der Waals surface area (Å²) in [6.07, 6.45) is 1.68. The molecule has 0 atom stereocenters. The van der Waals surface area contributed by atoms with E-state index in [9.17, 15) is 0 Å². The number of nitrogens with zero attached hydrogens (tertiary/aromatic N) is 6. The van der Waals surface area contributed by atoms with Crippen LogP contribution in [0.25, 0.3) is 11.4 Å². The van der Waals surface area contributed by atoms with E-state index in [1.165, 1.54) is 0 Å². The van der Waals surface area contributed by atoms with Crippen molar-refractivity contribution in [2.45, 2.75) is 6.54 Å². The first kappa shape index (κ1) is 17.6. The molecule has 4 rings (SSSR count). The fourth-order valence-corrected chi connectivity index (χ4v) is 3.45. The Morgan fingerprint density at radius 3 is 2.78 bits per heavy atom. The number of hydrogen-bond donors (Lipinski definition) is 0. The van der Waals surface area contributed by atoms with Gasteiger partial charge in [0.05, 0.1) is 18.2 Å². The Bertz CT molecular complexity index is 974. The Kier molecular flexibility index (Phi) is 5.14. The van der Waals surface area contributed by atoms with Crippen molar-refractivity contribution in [2.24, 2.45) is 0 Å². The molecule has 7 nitrogen and oxygen atoms in total. The van der Waals surface area contributed by atoms with Crippen molar-refractivity contribution in [3.63, 3.8) is 0 Å². The van der Waals surface area contributed by atoms with E-state index in [-0.39, 0.29) is 0 Å². The lowest BCUT2D eigenvalue weighted by atomic mass is 10.2. The second-order valence-corrected chi connectivity index (χ2v) is 7.22. The highest BCUT2D eigenvalue weighted by atomic mass is 79.9. The minimum absolute atomic E-state index is 0.599. The van der Waals surface area contributed by atoms with Gasteiger partial charge in [-0.3, -0.25) is 4.90 Å².